The highest BCUT2D eigenvalue weighted by molar-refractivity contribution is 8.00. The van der Waals surface area contributed by atoms with Crippen LogP contribution < -0.4 is 0 Å². The van der Waals surface area contributed by atoms with E-state index >= 15 is 0 Å². The molecular weight excluding hydrogens is 258 g/mol. The highest BCUT2D eigenvalue weighted by Crippen LogP contribution is 2.47. The lowest BCUT2D eigenvalue weighted by molar-refractivity contribution is -0.381. The summed E-state index contributed by atoms with van der Waals surface area (Å²) in [5.41, 5.74) is 1.07. The quantitative estimate of drug-likeness (QED) is 0.469. The van der Waals surface area contributed by atoms with Gasteiger partial charge in [0.2, 0.25) is 0 Å². The van der Waals surface area contributed by atoms with Crippen molar-refractivity contribution in [2.45, 2.75) is 30.9 Å². The number of thioether (sulfide) groups is 1. The number of carbonyl (C=O) groups excluding carboxylic acids is 1. The van der Waals surface area contributed by atoms with Gasteiger partial charge in [0, 0.05) is 6.42 Å². The smallest absolute Gasteiger partial charge is 0.294 e. The molecule has 17 heavy (non-hydrogen) atoms. The van der Waals surface area contributed by atoms with Crippen molar-refractivity contribution in [2.75, 3.05) is 6.26 Å². The molecule has 0 saturated heterocycles. The number of carbonyl (C=O) groups is 1. The van der Waals surface area contributed by atoms with E-state index < -0.39 is 0 Å². The van der Waals surface area contributed by atoms with E-state index in [2.05, 4.69) is 0 Å². The standard InChI is InChI=1S/C11H13NO3S2/c1-11(2)4-6-8(7(13)5-11)10(16-3)17-9(6)12(14)15/h4-5H2,1-3H3. The zero-order chi connectivity index (χ0) is 12.8. The van der Waals surface area contributed by atoms with Gasteiger partial charge in [0.05, 0.1) is 20.3 Å². The normalized spacial score (nSPS) is 17.9. The predicted molar refractivity (Wildman–Crippen MR) is 69.2 cm³/mol. The van der Waals surface area contributed by atoms with Crippen LogP contribution in [0.2, 0.25) is 0 Å². The Bertz CT molecular complexity index is 505. The summed E-state index contributed by atoms with van der Waals surface area (Å²) in [5, 5.41) is 11.2. The third-order valence-electron chi connectivity index (χ3n) is 2.88. The number of Topliss-reactive ketones (excluding diaryl/α,β-unsaturated/α-hetero) is 1. The second-order valence-electron chi connectivity index (χ2n) is 4.95. The summed E-state index contributed by atoms with van der Waals surface area (Å²) in [5.74, 6) is 0.0463. The summed E-state index contributed by atoms with van der Waals surface area (Å²) < 4.78 is 0.784. The lowest BCUT2D eigenvalue weighted by atomic mass is 9.75. The van der Waals surface area contributed by atoms with Crippen molar-refractivity contribution in [3.63, 3.8) is 0 Å². The zero-order valence-electron chi connectivity index (χ0n) is 9.90. The fourth-order valence-corrected chi connectivity index (χ4v) is 4.13. The molecule has 0 atom stereocenters. The molecule has 1 aliphatic carbocycles. The summed E-state index contributed by atoms with van der Waals surface area (Å²) in [6.45, 7) is 3.96. The van der Waals surface area contributed by atoms with E-state index in [-0.39, 0.29) is 21.1 Å². The number of nitrogens with zero attached hydrogens (tertiary/aromatic N) is 1. The molecule has 4 nitrogen and oxygen atoms in total. The number of hydrogen-bond donors (Lipinski definition) is 0. The van der Waals surface area contributed by atoms with Crippen LogP contribution in [0.25, 0.3) is 0 Å². The van der Waals surface area contributed by atoms with Crippen molar-refractivity contribution in [1.29, 1.82) is 0 Å². The van der Waals surface area contributed by atoms with Crippen LogP contribution in [0.5, 0.6) is 0 Å². The van der Waals surface area contributed by atoms with Crippen LogP contribution in [0.4, 0.5) is 5.00 Å². The Morgan fingerprint density at radius 1 is 1.41 bits per heavy atom. The fraction of sp³-hybridized carbons (Fsp3) is 0.545. The average molecular weight is 271 g/mol. The van der Waals surface area contributed by atoms with E-state index in [1.54, 1.807) is 0 Å². The van der Waals surface area contributed by atoms with Crippen LogP contribution in [0.1, 0.15) is 36.2 Å². The van der Waals surface area contributed by atoms with Gasteiger partial charge in [0.25, 0.3) is 0 Å². The molecule has 0 radical (unpaired) electrons. The summed E-state index contributed by atoms with van der Waals surface area (Å²) in [6.07, 6.45) is 2.94. The molecule has 0 saturated carbocycles. The Morgan fingerprint density at radius 2 is 2.06 bits per heavy atom. The molecule has 0 aliphatic heterocycles. The van der Waals surface area contributed by atoms with Crippen molar-refractivity contribution in [3.8, 4) is 0 Å². The van der Waals surface area contributed by atoms with Crippen LogP contribution in [-0.2, 0) is 6.42 Å². The first-order valence-corrected chi connectivity index (χ1v) is 7.27. The molecule has 0 fully saturated rings. The average Bonchev–Trinajstić information content (AvgIpc) is 2.54. The van der Waals surface area contributed by atoms with Gasteiger partial charge >= 0.3 is 5.00 Å². The van der Waals surface area contributed by atoms with E-state index in [9.17, 15) is 14.9 Å². The van der Waals surface area contributed by atoms with E-state index in [1.807, 2.05) is 20.1 Å². The van der Waals surface area contributed by atoms with Crippen LogP contribution >= 0.6 is 23.1 Å². The monoisotopic (exact) mass is 271 g/mol. The van der Waals surface area contributed by atoms with Gasteiger partial charge in [0.15, 0.2) is 5.78 Å². The first kappa shape index (κ1) is 12.6. The molecule has 1 heterocycles. The Balaban J connectivity index is 2.64. The van der Waals surface area contributed by atoms with Crippen molar-refractivity contribution >= 4 is 33.9 Å². The summed E-state index contributed by atoms with van der Waals surface area (Å²) in [6, 6.07) is 0. The maximum absolute atomic E-state index is 12.1. The van der Waals surface area contributed by atoms with E-state index in [0.29, 0.717) is 24.0 Å². The van der Waals surface area contributed by atoms with Gasteiger partial charge in [-0.15, -0.1) is 11.8 Å². The molecule has 92 valence electrons. The second kappa shape index (κ2) is 4.10. The first-order chi connectivity index (χ1) is 7.85. The zero-order valence-corrected chi connectivity index (χ0v) is 11.5. The minimum atomic E-state index is -0.363. The number of hydrogen-bond acceptors (Lipinski definition) is 5. The minimum absolute atomic E-state index is 0.0463. The molecule has 0 unspecified atom stereocenters. The van der Waals surface area contributed by atoms with Gasteiger partial charge in [-0.25, -0.2) is 0 Å². The Morgan fingerprint density at radius 3 is 2.59 bits per heavy atom. The lowest BCUT2D eigenvalue weighted by Gasteiger charge is -2.28. The largest absolute Gasteiger partial charge is 0.329 e. The van der Waals surface area contributed by atoms with Crippen LogP contribution in [0, 0.1) is 15.5 Å². The maximum atomic E-state index is 12.1. The third kappa shape index (κ3) is 2.11. The lowest BCUT2D eigenvalue weighted by Crippen LogP contribution is -2.26. The van der Waals surface area contributed by atoms with Gasteiger partial charge < -0.3 is 0 Å². The maximum Gasteiger partial charge on any atom is 0.329 e. The third-order valence-corrected chi connectivity index (χ3v) is 5.18. The van der Waals surface area contributed by atoms with Gasteiger partial charge in [-0.05, 0) is 18.1 Å². The van der Waals surface area contributed by atoms with Crippen LogP contribution in [-0.4, -0.2) is 17.0 Å². The summed E-state index contributed by atoms with van der Waals surface area (Å²) in [4.78, 5) is 22.7. The molecular formula is C11H13NO3S2. The SMILES string of the molecule is CSc1sc([N+](=O)[O-])c2c1C(=O)CC(C)(C)C2. The van der Waals surface area contributed by atoms with Crippen molar-refractivity contribution in [3.05, 3.63) is 21.2 Å². The molecule has 0 bridgehead atoms. The molecule has 0 amide bonds. The van der Waals surface area contributed by atoms with Crippen LogP contribution in [0.3, 0.4) is 0 Å². The highest BCUT2D eigenvalue weighted by atomic mass is 32.2. The number of ketones is 1. The summed E-state index contributed by atoms with van der Waals surface area (Å²) in [7, 11) is 0. The molecule has 6 heteroatoms. The molecule has 1 aromatic rings. The summed E-state index contributed by atoms with van der Waals surface area (Å²) >= 11 is 2.55. The number of nitro groups is 1. The second-order valence-corrected chi connectivity index (χ2v) is 7.02. The topological polar surface area (TPSA) is 60.2 Å². The minimum Gasteiger partial charge on any atom is -0.294 e. The van der Waals surface area contributed by atoms with Gasteiger partial charge in [-0.3, -0.25) is 14.9 Å². The predicted octanol–water partition coefficient (Wildman–Crippen LogP) is 3.53. The van der Waals surface area contributed by atoms with Crippen molar-refractivity contribution < 1.29 is 9.72 Å². The molecule has 2 rings (SSSR count). The molecule has 0 N–H and O–H groups in total. The highest BCUT2D eigenvalue weighted by Gasteiger charge is 2.39. The Hall–Kier alpha value is -0.880. The molecule has 1 aliphatic rings. The number of rotatable bonds is 2. The van der Waals surface area contributed by atoms with Crippen LogP contribution in [0.15, 0.2) is 4.21 Å². The fourth-order valence-electron chi connectivity index (χ4n) is 2.23. The molecule has 0 spiro atoms. The first-order valence-electron chi connectivity index (χ1n) is 5.23. The van der Waals surface area contributed by atoms with Crippen molar-refractivity contribution in [2.24, 2.45) is 5.41 Å². The Kier molecular flexibility index (Phi) is 3.03. The Labute approximate surface area is 108 Å². The van der Waals surface area contributed by atoms with Gasteiger partial charge in [0.1, 0.15) is 0 Å². The van der Waals surface area contributed by atoms with E-state index in [0.717, 1.165) is 15.5 Å². The molecule has 0 aromatic carbocycles. The van der Waals surface area contributed by atoms with Crippen molar-refractivity contribution in [1.82, 2.24) is 0 Å². The molecule has 1 aromatic heterocycles. The van der Waals surface area contributed by atoms with E-state index in [4.69, 9.17) is 0 Å². The van der Waals surface area contributed by atoms with E-state index in [1.165, 1.54) is 11.8 Å². The number of fused-ring (bicyclic) bond motifs is 1. The number of thiophene rings is 1. The van der Waals surface area contributed by atoms with Gasteiger partial charge in [-0.2, -0.15) is 0 Å². The van der Waals surface area contributed by atoms with Gasteiger partial charge in [-0.1, -0.05) is 25.2 Å².